The number of hydrogen-bond acceptors (Lipinski definition) is 3. The van der Waals surface area contributed by atoms with E-state index in [0.29, 0.717) is 12.6 Å². The van der Waals surface area contributed by atoms with Crippen LogP contribution in [0.4, 0.5) is 0 Å². The van der Waals surface area contributed by atoms with Gasteiger partial charge in [0.2, 0.25) is 0 Å². The summed E-state index contributed by atoms with van der Waals surface area (Å²) in [5.41, 5.74) is 0.199. The van der Waals surface area contributed by atoms with Crippen LogP contribution in [0, 0.1) is 10.8 Å². The summed E-state index contributed by atoms with van der Waals surface area (Å²) < 4.78 is 10.9. The molecule has 0 aromatic rings. The van der Waals surface area contributed by atoms with Gasteiger partial charge in [0.1, 0.15) is 0 Å². The monoisotopic (exact) mass is 226 g/mol. The summed E-state index contributed by atoms with van der Waals surface area (Å²) in [5, 5.41) is 8.01. The van der Waals surface area contributed by atoms with Crippen molar-refractivity contribution in [2.75, 3.05) is 26.4 Å². The summed E-state index contributed by atoms with van der Waals surface area (Å²) in [6.07, 6.45) is 2.28. The van der Waals surface area contributed by atoms with Gasteiger partial charge < -0.3 is 14.4 Å². The van der Waals surface area contributed by atoms with Gasteiger partial charge in [0, 0.05) is 6.54 Å². The zero-order valence-corrected chi connectivity index (χ0v) is 10.5. The SMILES string of the molecule is CC(C)(C)COC(=N)N1CCCC12COC2. The molecule has 2 aliphatic rings. The van der Waals surface area contributed by atoms with E-state index in [1.54, 1.807) is 0 Å². The Morgan fingerprint density at radius 2 is 2.12 bits per heavy atom. The first-order valence-electron chi connectivity index (χ1n) is 6.00. The highest BCUT2D eigenvalue weighted by molar-refractivity contribution is 5.72. The molecular formula is C12H22N2O2. The predicted molar refractivity (Wildman–Crippen MR) is 62.6 cm³/mol. The van der Waals surface area contributed by atoms with Crippen molar-refractivity contribution in [3.63, 3.8) is 0 Å². The standard InChI is InChI=1S/C12H22N2O2/c1-11(2,3)7-16-10(13)14-6-4-5-12(14)8-15-9-12/h13H,4-9H2,1-3H3. The largest absolute Gasteiger partial charge is 0.465 e. The Bertz CT molecular complexity index is 279. The van der Waals surface area contributed by atoms with Gasteiger partial charge >= 0.3 is 0 Å². The zero-order chi connectivity index (χ0) is 11.8. The third-order valence-electron chi connectivity index (χ3n) is 3.22. The summed E-state index contributed by atoms with van der Waals surface area (Å²) in [6, 6.07) is 0.329. The molecule has 0 aromatic carbocycles. The molecule has 0 saturated carbocycles. The van der Waals surface area contributed by atoms with Crippen LogP contribution in [0.3, 0.4) is 0 Å². The number of nitrogens with zero attached hydrogens (tertiary/aromatic N) is 1. The molecule has 16 heavy (non-hydrogen) atoms. The molecule has 0 radical (unpaired) electrons. The molecule has 1 N–H and O–H groups in total. The first-order chi connectivity index (χ1) is 7.43. The van der Waals surface area contributed by atoms with E-state index in [-0.39, 0.29) is 11.0 Å². The molecule has 0 aromatic heterocycles. The third-order valence-corrected chi connectivity index (χ3v) is 3.22. The number of ether oxygens (including phenoxy) is 2. The van der Waals surface area contributed by atoms with Crippen molar-refractivity contribution in [2.24, 2.45) is 5.41 Å². The van der Waals surface area contributed by atoms with Crippen LogP contribution in [0.25, 0.3) is 0 Å². The van der Waals surface area contributed by atoms with Crippen LogP contribution >= 0.6 is 0 Å². The van der Waals surface area contributed by atoms with E-state index in [2.05, 4.69) is 25.7 Å². The maximum absolute atomic E-state index is 8.01. The molecule has 2 heterocycles. The van der Waals surface area contributed by atoms with Gasteiger partial charge in [-0.05, 0) is 18.3 Å². The van der Waals surface area contributed by atoms with E-state index in [0.717, 1.165) is 32.6 Å². The van der Waals surface area contributed by atoms with Crippen LogP contribution in [0.15, 0.2) is 0 Å². The lowest BCUT2D eigenvalue weighted by molar-refractivity contribution is -0.108. The number of rotatable bonds is 1. The second-order valence-corrected chi connectivity index (χ2v) is 6.13. The van der Waals surface area contributed by atoms with Gasteiger partial charge in [-0.2, -0.15) is 0 Å². The summed E-state index contributed by atoms with van der Waals surface area (Å²) >= 11 is 0. The molecule has 2 aliphatic heterocycles. The third kappa shape index (κ3) is 2.17. The van der Waals surface area contributed by atoms with Crippen LogP contribution in [-0.4, -0.2) is 42.8 Å². The fraction of sp³-hybridized carbons (Fsp3) is 0.917. The summed E-state index contributed by atoms with van der Waals surface area (Å²) in [7, 11) is 0. The Balaban J connectivity index is 1.89. The van der Waals surface area contributed by atoms with E-state index in [1.165, 1.54) is 0 Å². The highest BCUT2D eigenvalue weighted by Crippen LogP contribution is 2.36. The smallest absolute Gasteiger partial charge is 0.285 e. The van der Waals surface area contributed by atoms with Crippen LogP contribution < -0.4 is 0 Å². The van der Waals surface area contributed by atoms with E-state index in [9.17, 15) is 0 Å². The summed E-state index contributed by atoms with van der Waals surface area (Å²) in [4.78, 5) is 2.09. The normalized spacial score (nSPS) is 23.3. The van der Waals surface area contributed by atoms with Crippen molar-refractivity contribution in [1.29, 1.82) is 5.41 Å². The van der Waals surface area contributed by atoms with Gasteiger partial charge in [-0.15, -0.1) is 0 Å². The van der Waals surface area contributed by atoms with Crippen LogP contribution in [-0.2, 0) is 9.47 Å². The maximum Gasteiger partial charge on any atom is 0.285 e. The minimum atomic E-state index is 0.0922. The molecule has 0 aliphatic carbocycles. The van der Waals surface area contributed by atoms with Gasteiger partial charge in [0.05, 0.1) is 25.4 Å². The highest BCUT2D eigenvalue weighted by Gasteiger charge is 2.49. The van der Waals surface area contributed by atoms with Crippen molar-refractivity contribution in [1.82, 2.24) is 4.90 Å². The Hall–Kier alpha value is -0.770. The van der Waals surface area contributed by atoms with Crippen molar-refractivity contribution in [2.45, 2.75) is 39.2 Å². The summed E-state index contributed by atoms with van der Waals surface area (Å²) in [5.74, 6) is 0. The number of amidine groups is 1. The second kappa shape index (κ2) is 3.91. The first-order valence-corrected chi connectivity index (χ1v) is 6.00. The van der Waals surface area contributed by atoms with Crippen LogP contribution in [0.1, 0.15) is 33.6 Å². The molecule has 0 atom stereocenters. The van der Waals surface area contributed by atoms with Crippen LogP contribution in [0.2, 0.25) is 0 Å². The topological polar surface area (TPSA) is 45.5 Å². The van der Waals surface area contributed by atoms with Crippen LogP contribution in [0.5, 0.6) is 0 Å². The van der Waals surface area contributed by atoms with Gasteiger partial charge in [-0.25, -0.2) is 0 Å². The molecule has 0 amide bonds. The van der Waals surface area contributed by atoms with Gasteiger partial charge in [-0.1, -0.05) is 20.8 Å². The van der Waals surface area contributed by atoms with Gasteiger partial charge in [0.25, 0.3) is 6.02 Å². The molecule has 0 bridgehead atoms. The van der Waals surface area contributed by atoms with E-state index >= 15 is 0 Å². The molecular weight excluding hydrogens is 204 g/mol. The zero-order valence-electron chi connectivity index (χ0n) is 10.5. The lowest BCUT2D eigenvalue weighted by Gasteiger charge is -2.45. The second-order valence-electron chi connectivity index (χ2n) is 6.13. The highest BCUT2D eigenvalue weighted by atomic mass is 16.5. The molecule has 2 rings (SSSR count). The molecule has 2 fully saturated rings. The fourth-order valence-electron chi connectivity index (χ4n) is 2.26. The molecule has 2 saturated heterocycles. The molecule has 0 unspecified atom stereocenters. The minimum Gasteiger partial charge on any atom is -0.465 e. The number of nitrogens with one attached hydrogen (secondary N) is 1. The summed E-state index contributed by atoms with van der Waals surface area (Å²) in [6.45, 7) is 9.40. The lowest BCUT2D eigenvalue weighted by atomic mass is 9.94. The van der Waals surface area contributed by atoms with E-state index in [4.69, 9.17) is 14.9 Å². The molecule has 4 nitrogen and oxygen atoms in total. The quantitative estimate of drug-likeness (QED) is 0.548. The lowest BCUT2D eigenvalue weighted by Crippen LogP contribution is -2.60. The molecule has 4 heteroatoms. The van der Waals surface area contributed by atoms with Crippen molar-refractivity contribution in [3.05, 3.63) is 0 Å². The first kappa shape index (κ1) is 11.7. The van der Waals surface area contributed by atoms with E-state index < -0.39 is 0 Å². The predicted octanol–water partition coefficient (Wildman–Crippen LogP) is 1.85. The Morgan fingerprint density at radius 1 is 1.44 bits per heavy atom. The Labute approximate surface area is 97.4 Å². The van der Waals surface area contributed by atoms with Gasteiger partial charge in [0.15, 0.2) is 0 Å². The van der Waals surface area contributed by atoms with E-state index in [1.807, 2.05) is 0 Å². The average Bonchev–Trinajstić information content (AvgIpc) is 2.56. The minimum absolute atomic E-state index is 0.0922. The van der Waals surface area contributed by atoms with Crippen molar-refractivity contribution >= 4 is 6.02 Å². The number of hydrogen-bond donors (Lipinski definition) is 1. The Kier molecular flexibility index (Phi) is 2.86. The van der Waals surface area contributed by atoms with Gasteiger partial charge in [-0.3, -0.25) is 5.41 Å². The number of likely N-dealkylation sites (tertiary alicyclic amines) is 1. The maximum atomic E-state index is 8.01. The molecule has 92 valence electrons. The average molecular weight is 226 g/mol. The fourth-order valence-corrected chi connectivity index (χ4v) is 2.26. The Morgan fingerprint density at radius 3 is 2.62 bits per heavy atom. The van der Waals surface area contributed by atoms with Crippen molar-refractivity contribution in [3.8, 4) is 0 Å². The molecule has 1 spiro atoms. The van der Waals surface area contributed by atoms with Crippen molar-refractivity contribution < 1.29 is 9.47 Å².